The average molecular weight is 214 g/mol. The lowest BCUT2D eigenvalue weighted by Gasteiger charge is -2.08. The molecule has 0 saturated carbocycles. The van der Waals surface area contributed by atoms with Gasteiger partial charge in [0.1, 0.15) is 0 Å². The molecule has 84 valence electrons. The maximum atomic E-state index is 11.5. The Labute approximate surface area is 86.0 Å². The lowest BCUT2D eigenvalue weighted by atomic mass is 10.4. The molecule has 7 heteroatoms. The Balaban J connectivity index is 3.10. The molecule has 0 aliphatic carbocycles. The van der Waals surface area contributed by atoms with E-state index in [1.54, 1.807) is 6.92 Å². The van der Waals surface area contributed by atoms with Gasteiger partial charge < -0.3 is 10.4 Å². The number of hydrogen-bond donors (Lipinski definition) is 2. The number of anilines is 1. The molecule has 1 aromatic rings. The van der Waals surface area contributed by atoms with Crippen LogP contribution in [0.4, 0.5) is 5.82 Å². The van der Waals surface area contributed by atoms with Crippen molar-refractivity contribution in [2.45, 2.75) is 13.0 Å². The smallest absolute Gasteiger partial charge is 0.346 e. The average Bonchev–Trinajstić information content (AvgIpc) is 2.18. The molecule has 2 N–H and O–H groups in total. The van der Waals surface area contributed by atoms with Crippen molar-refractivity contribution in [2.24, 2.45) is 14.1 Å². The third-order valence-electron chi connectivity index (χ3n) is 1.89. The molecule has 0 spiro atoms. The summed E-state index contributed by atoms with van der Waals surface area (Å²) in [6, 6.07) is 0. The summed E-state index contributed by atoms with van der Waals surface area (Å²) in [5.74, 6) is 0.0560. The van der Waals surface area contributed by atoms with Gasteiger partial charge in [-0.2, -0.15) is 0 Å². The van der Waals surface area contributed by atoms with Crippen LogP contribution in [0.1, 0.15) is 6.92 Å². The summed E-state index contributed by atoms with van der Waals surface area (Å²) >= 11 is 0. The van der Waals surface area contributed by atoms with Crippen LogP contribution in [0, 0.1) is 0 Å². The monoisotopic (exact) mass is 214 g/mol. The molecular formula is C8H14N4O3. The zero-order chi connectivity index (χ0) is 11.6. The summed E-state index contributed by atoms with van der Waals surface area (Å²) < 4.78 is 2.02. The van der Waals surface area contributed by atoms with E-state index in [2.05, 4.69) is 10.4 Å². The highest BCUT2D eigenvalue weighted by molar-refractivity contribution is 5.29. The first kappa shape index (κ1) is 11.4. The predicted octanol–water partition coefficient (Wildman–Crippen LogP) is -1.73. The van der Waals surface area contributed by atoms with E-state index in [0.717, 1.165) is 9.25 Å². The summed E-state index contributed by atoms with van der Waals surface area (Å²) in [5.41, 5.74) is -0.985. The van der Waals surface area contributed by atoms with E-state index in [0.29, 0.717) is 0 Å². The van der Waals surface area contributed by atoms with Crippen LogP contribution in [0.25, 0.3) is 0 Å². The molecule has 1 rings (SSSR count). The van der Waals surface area contributed by atoms with Crippen molar-refractivity contribution in [3.8, 4) is 0 Å². The first-order valence-corrected chi connectivity index (χ1v) is 4.49. The number of nitrogens with one attached hydrogen (secondary N) is 1. The molecule has 1 unspecified atom stereocenters. The Kier molecular flexibility index (Phi) is 3.25. The van der Waals surface area contributed by atoms with Gasteiger partial charge in [-0.3, -0.25) is 9.36 Å². The minimum atomic E-state index is -0.589. The Morgan fingerprint density at radius 1 is 1.47 bits per heavy atom. The fourth-order valence-corrected chi connectivity index (χ4v) is 1.05. The van der Waals surface area contributed by atoms with E-state index >= 15 is 0 Å². The van der Waals surface area contributed by atoms with Crippen molar-refractivity contribution in [1.29, 1.82) is 0 Å². The third-order valence-corrected chi connectivity index (χ3v) is 1.89. The lowest BCUT2D eigenvalue weighted by Crippen LogP contribution is -2.40. The van der Waals surface area contributed by atoms with Gasteiger partial charge in [0.05, 0.1) is 6.10 Å². The van der Waals surface area contributed by atoms with E-state index in [-0.39, 0.29) is 12.4 Å². The SMILES string of the molecule is CC(O)CNc1nn(C)c(=O)n(C)c1=O. The second-order valence-corrected chi connectivity index (χ2v) is 3.35. The maximum absolute atomic E-state index is 11.5. The lowest BCUT2D eigenvalue weighted by molar-refractivity contribution is 0.208. The van der Waals surface area contributed by atoms with Crippen LogP contribution in [-0.4, -0.2) is 32.1 Å². The number of hydrogen-bond acceptors (Lipinski definition) is 5. The Bertz CT molecular complexity index is 460. The van der Waals surface area contributed by atoms with Gasteiger partial charge >= 0.3 is 5.69 Å². The van der Waals surface area contributed by atoms with Crippen LogP contribution >= 0.6 is 0 Å². The first-order valence-electron chi connectivity index (χ1n) is 4.49. The van der Waals surface area contributed by atoms with E-state index < -0.39 is 17.4 Å². The molecule has 0 amide bonds. The second kappa shape index (κ2) is 4.26. The van der Waals surface area contributed by atoms with Crippen LogP contribution in [-0.2, 0) is 14.1 Å². The predicted molar refractivity (Wildman–Crippen MR) is 54.9 cm³/mol. The standard InChI is InChI=1S/C8H14N4O3/c1-5(13)4-9-6-7(14)11(2)8(15)12(3)10-6/h5,13H,4H2,1-3H3,(H,9,10). The number of aryl methyl sites for hydroxylation is 1. The van der Waals surface area contributed by atoms with Gasteiger partial charge in [0, 0.05) is 20.6 Å². The molecule has 1 atom stereocenters. The summed E-state index contributed by atoms with van der Waals surface area (Å²) in [6.45, 7) is 1.79. The normalized spacial score (nSPS) is 12.5. The number of aromatic nitrogens is 3. The van der Waals surface area contributed by atoms with Crippen molar-refractivity contribution >= 4 is 5.82 Å². The second-order valence-electron chi connectivity index (χ2n) is 3.35. The molecule has 0 aliphatic heterocycles. The number of nitrogens with zero attached hydrogens (tertiary/aromatic N) is 3. The quantitative estimate of drug-likeness (QED) is 0.624. The number of aliphatic hydroxyl groups is 1. The zero-order valence-electron chi connectivity index (χ0n) is 8.89. The zero-order valence-corrected chi connectivity index (χ0v) is 8.89. The summed E-state index contributed by atoms with van der Waals surface area (Å²) in [6.07, 6.45) is -0.589. The van der Waals surface area contributed by atoms with Crippen LogP contribution in [0.5, 0.6) is 0 Å². The summed E-state index contributed by atoms with van der Waals surface area (Å²) in [4.78, 5) is 22.8. The Morgan fingerprint density at radius 3 is 2.60 bits per heavy atom. The molecule has 0 radical (unpaired) electrons. The van der Waals surface area contributed by atoms with Gasteiger partial charge in [-0.05, 0) is 6.92 Å². The molecule has 0 aromatic carbocycles. The van der Waals surface area contributed by atoms with Crippen LogP contribution < -0.4 is 16.6 Å². The van der Waals surface area contributed by atoms with Crippen molar-refractivity contribution in [2.75, 3.05) is 11.9 Å². The van der Waals surface area contributed by atoms with Crippen LogP contribution in [0.3, 0.4) is 0 Å². The molecule has 0 saturated heterocycles. The summed E-state index contributed by atoms with van der Waals surface area (Å²) in [7, 11) is 2.83. The van der Waals surface area contributed by atoms with Gasteiger partial charge in [-0.1, -0.05) is 0 Å². The highest BCUT2D eigenvalue weighted by atomic mass is 16.3. The van der Waals surface area contributed by atoms with E-state index in [4.69, 9.17) is 5.11 Å². The molecule has 0 aliphatic rings. The van der Waals surface area contributed by atoms with E-state index in [9.17, 15) is 9.59 Å². The topological polar surface area (TPSA) is 89.2 Å². The highest BCUT2D eigenvalue weighted by Gasteiger charge is 2.08. The minimum absolute atomic E-state index is 0.0560. The van der Waals surface area contributed by atoms with Crippen molar-refractivity contribution in [3.63, 3.8) is 0 Å². The molecule has 1 heterocycles. The van der Waals surface area contributed by atoms with Crippen molar-refractivity contribution < 1.29 is 5.11 Å². The molecule has 1 aromatic heterocycles. The molecule has 0 bridgehead atoms. The van der Waals surface area contributed by atoms with Crippen molar-refractivity contribution in [3.05, 3.63) is 20.8 Å². The van der Waals surface area contributed by atoms with E-state index in [1.165, 1.54) is 14.1 Å². The Hall–Kier alpha value is -1.63. The molecule has 7 nitrogen and oxygen atoms in total. The van der Waals surface area contributed by atoms with Crippen LogP contribution in [0.15, 0.2) is 9.59 Å². The summed E-state index contributed by atoms with van der Waals surface area (Å²) in [5, 5.41) is 15.5. The highest BCUT2D eigenvalue weighted by Crippen LogP contribution is 1.89. The Morgan fingerprint density at radius 2 is 2.07 bits per heavy atom. The number of aliphatic hydroxyl groups excluding tert-OH is 1. The third kappa shape index (κ3) is 2.44. The fraction of sp³-hybridized carbons (Fsp3) is 0.625. The number of rotatable bonds is 3. The van der Waals surface area contributed by atoms with Gasteiger partial charge in [-0.25, -0.2) is 9.48 Å². The van der Waals surface area contributed by atoms with Gasteiger partial charge in [0.25, 0.3) is 5.56 Å². The molecular weight excluding hydrogens is 200 g/mol. The molecule has 0 fully saturated rings. The molecule has 15 heavy (non-hydrogen) atoms. The van der Waals surface area contributed by atoms with Gasteiger partial charge in [0.2, 0.25) is 5.82 Å². The maximum Gasteiger partial charge on any atom is 0.346 e. The van der Waals surface area contributed by atoms with Gasteiger partial charge in [0.15, 0.2) is 0 Å². The first-order chi connectivity index (χ1) is 6.93. The van der Waals surface area contributed by atoms with Crippen molar-refractivity contribution in [1.82, 2.24) is 14.3 Å². The fourth-order valence-electron chi connectivity index (χ4n) is 1.05. The van der Waals surface area contributed by atoms with Crippen LogP contribution in [0.2, 0.25) is 0 Å². The minimum Gasteiger partial charge on any atom is -0.392 e. The van der Waals surface area contributed by atoms with E-state index in [1.807, 2.05) is 0 Å². The largest absolute Gasteiger partial charge is 0.392 e. The van der Waals surface area contributed by atoms with Gasteiger partial charge in [-0.15, -0.1) is 5.10 Å².